The third kappa shape index (κ3) is 3.43. The number of carbonyl (C=O) groups excluding carboxylic acids is 2. The van der Waals surface area contributed by atoms with Crippen molar-refractivity contribution in [3.63, 3.8) is 0 Å². The Kier molecular flexibility index (Phi) is 4.85. The summed E-state index contributed by atoms with van der Waals surface area (Å²) < 4.78 is 5.32. The lowest BCUT2D eigenvalue weighted by molar-refractivity contribution is -0.125. The highest BCUT2D eigenvalue weighted by molar-refractivity contribution is 6.32. The van der Waals surface area contributed by atoms with Gasteiger partial charge >= 0.3 is 0 Å². The molecule has 130 valence electrons. The van der Waals surface area contributed by atoms with Crippen molar-refractivity contribution in [2.45, 2.75) is 44.7 Å². The summed E-state index contributed by atoms with van der Waals surface area (Å²) in [5.74, 6) is -0.365. The largest absolute Gasteiger partial charge is 0.503 e. The van der Waals surface area contributed by atoms with Gasteiger partial charge in [0.2, 0.25) is 5.91 Å². The van der Waals surface area contributed by atoms with E-state index in [2.05, 4.69) is 5.32 Å². The standard InChI is InChI=1S/C17H21ClN2O4/c1-2-24-14-9-10(8-12(18)15(14)21)17(23)20-7-3-4-13(20)16(22)19-11-5-6-11/h8-9,11,13,21H,2-7H2,1H3,(H,19,22)/t13-/m0/s1. The number of phenolic OH excluding ortho intramolecular Hbond substituents is 1. The van der Waals surface area contributed by atoms with E-state index in [0.717, 1.165) is 19.3 Å². The van der Waals surface area contributed by atoms with E-state index in [-0.39, 0.29) is 34.4 Å². The van der Waals surface area contributed by atoms with Crippen molar-refractivity contribution >= 4 is 23.4 Å². The Labute approximate surface area is 145 Å². The predicted molar refractivity (Wildman–Crippen MR) is 89.5 cm³/mol. The molecule has 7 heteroatoms. The molecule has 1 aromatic carbocycles. The molecular formula is C17H21ClN2O4. The number of hydrogen-bond donors (Lipinski definition) is 2. The predicted octanol–water partition coefficient (Wildman–Crippen LogP) is 2.33. The van der Waals surface area contributed by atoms with E-state index in [1.165, 1.54) is 12.1 Å². The number of halogens is 1. The van der Waals surface area contributed by atoms with Crippen molar-refractivity contribution in [1.29, 1.82) is 0 Å². The topological polar surface area (TPSA) is 78.9 Å². The molecule has 1 saturated carbocycles. The Morgan fingerprint density at radius 2 is 2.12 bits per heavy atom. The molecule has 1 aliphatic carbocycles. The van der Waals surface area contributed by atoms with Gasteiger partial charge in [-0.05, 0) is 44.7 Å². The summed E-state index contributed by atoms with van der Waals surface area (Å²) in [5, 5.41) is 12.9. The average Bonchev–Trinajstić information content (AvgIpc) is 3.23. The van der Waals surface area contributed by atoms with Crippen LogP contribution in [0.1, 0.15) is 43.0 Å². The van der Waals surface area contributed by atoms with Gasteiger partial charge < -0.3 is 20.1 Å². The Bertz CT molecular complexity index is 660. The molecule has 0 bridgehead atoms. The second-order valence-corrected chi connectivity index (χ2v) is 6.58. The van der Waals surface area contributed by atoms with Gasteiger partial charge in [-0.3, -0.25) is 9.59 Å². The van der Waals surface area contributed by atoms with E-state index < -0.39 is 6.04 Å². The van der Waals surface area contributed by atoms with Crippen molar-refractivity contribution in [3.8, 4) is 11.5 Å². The molecular weight excluding hydrogens is 332 g/mol. The van der Waals surface area contributed by atoms with Crippen molar-refractivity contribution in [3.05, 3.63) is 22.7 Å². The summed E-state index contributed by atoms with van der Waals surface area (Å²) in [6, 6.07) is 2.71. The molecule has 2 amide bonds. The lowest BCUT2D eigenvalue weighted by atomic mass is 10.1. The fraction of sp³-hybridized carbons (Fsp3) is 0.529. The van der Waals surface area contributed by atoms with E-state index in [9.17, 15) is 14.7 Å². The number of likely N-dealkylation sites (tertiary alicyclic amines) is 1. The van der Waals surface area contributed by atoms with Crippen LogP contribution >= 0.6 is 11.6 Å². The first kappa shape index (κ1) is 16.9. The molecule has 2 fully saturated rings. The molecule has 0 radical (unpaired) electrons. The van der Waals surface area contributed by atoms with E-state index in [1.807, 2.05) is 0 Å². The summed E-state index contributed by atoms with van der Waals surface area (Å²) in [5.41, 5.74) is 0.312. The van der Waals surface area contributed by atoms with Crippen LogP contribution in [0, 0.1) is 0 Å². The Morgan fingerprint density at radius 3 is 2.79 bits per heavy atom. The van der Waals surface area contributed by atoms with Crippen LogP contribution in [0.2, 0.25) is 5.02 Å². The van der Waals surface area contributed by atoms with E-state index in [0.29, 0.717) is 25.1 Å². The van der Waals surface area contributed by atoms with Gasteiger partial charge in [0.1, 0.15) is 6.04 Å². The average molecular weight is 353 g/mol. The van der Waals surface area contributed by atoms with Gasteiger partial charge in [-0.2, -0.15) is 0 Å². The number of carbonyl (C=O) groups is 2. The van der Waals surface area contributed by atoms with E-state index in [1.54, 1.807) is 11.8 Å². The Balaban J connectivity index is 1.80. The van der Waals surface area contributed by atoms with Crippen LogP contribution in [0.25, 0.3) is 0 Å². The number of nitrogens with zero attached hydrogens (tertiary/aromatic N) is 1. The summed E-state index contributed by atoms with van der Waals surface area (Å²) in [6.45, 7) is 2.66. The minimum absolute atomic E-state index is 0.0579. The van der Waals surface area contributed by atoms with Gasteiger partial charge in [0.15, 0.2) is 11.5 Å². The number of phenols is 1. The number of aromatic hydroxyl groups is 1. The van der Waals surface area contributed by atoms with Gasteiger partial charge in [0.25, 0.3) is 5.91 Å². The van der Waals surface area contributed by atoms with E-state index >= 15 is 0 Å². The lowest BCUT2D eigenvalue weighted by Crippen LogP contribution is -2.46. The number of rotatable bonds is 5. The van der Waals surface area contributed by atoms with Crippen LogP contribution in [0.4, 0.5) is 0 Å². The SMILES string of the molecule is CCOc1cc(C(=O)N2CCC[C@H]2C(=O)NC2CC2)cc(Cl)c1O. The van der Waals surface area contributed by atoms with Crippen LogP contribution in [-0.2, 0) is 4.79 Å². The summed E-state index contributed by atoms with van der Waals surface area (Å²) in [4.78, 5) is 26.7. The second-order valence-electron chi connectivity index (χ2n) is 6.18. The molecule has 24 heavy (non-hydrogen) atoms. The first-order chi connectivity index (χ1) is 11.5. The van der Waals surface area contributed by atoms with Crippen LogP contribution in [0.15, 0.2) is 12.1 Å². The minimum Gasteiger partial charge on any atom is -0.503 e. The van der Waals surface area contributed by atoms with Crippen molar-refractivity contribution in [1.82, 2.24) is 10.2 Å². The maximum atomic E-state index is 12.8. The number of benzene rings is 1. The zero-order valence-electron chi connectivity index (χ0n) is 13.5. The highest BCUT2D eigenvalue weighted by atomic mass is 35.5. The summed E-state index contributed by atoms with van der Waals surface area (Å²) in [7, 11) is 0. The molecule has 0 spiro atoms. The fourth-order valence-corrected chi connectivity index (χ4v) is 3.15. The molecule has 1 saturated heterocycles. The number of hydrogen-bond acceptors (Lipinski definition) is 4. The molecule has 0 unspecified atom stereocenters. The third-order valence-electron chi connectivity index (χ3n) is 4.32. The lowest BCUT2D eigenvalue weighted by Gasteiger charge is -2.24. The Morgan fingerprint density at radius 1 is 1.38 bits per heavy atom. The molecule has 3 rings (SSSR count). The molecule has 6 nitrogen and oxygen atoms in total. The highest BCUT2D eigenvalue weighted by Crippen LogP contribution is 2.36. The number of nitrogens with one attached hydrogen (secondary N) is 1. The maximum absolute atomic E-state index is 12.8. The fourth-order valence-electron chi connectivity index (χ4n) is 2.94. The number of ether oxygens (including phenoxy) is 1. The minimum atomic E-state index is -0.443. The summed E-state index contributed by atoms with van der Waals surface area (Å²) >= 11 is 6.00. The van der Waals surface area contributed by atoms with E-state index in [4.69, 9.17) is 16.3 Å². The molecule has 1 heterocycles. The highest BCUT2D eigenvalue weighted by Gasteiger charge is 2.37. The quantitative estimate of drug-likeness (QED) is 0.852. The first-order valence-electron chi connectivity index (χ1n) is 8.28. The molecule has 0 aromatic heterocycles. The molecule has 1 aromatic rings. The second kappa shape index (κ2) is 6.89. The normalized spacial score (nSPS) is 20.1. The smallest absolute Gasteiger partial charge is 0.254 e. The molecule has 1 atom stereocenters. The van der Waals surface area contributed by atoms with Crippen LogP contribution in [0.5, 0.6) is 11.5 Å². The van der Waals surface area contributed by atoms with Crippen LogP contribution in [-0.4, -0.2) is 47.1 Å². The van der Waals surface area contributed by atoms with Gasteiger partial charge in [-0.1, -0.05) is 11.6 Å². The van der Waals surface area contributed by atoms with Gasteiger partial charge in [0, 0.05) is 18.2 Å². The number of amides is 2. The Hall–Kier alpha value is -1.95. The maximum Gasteiger partial charge on any atom is 0.254 e. The third-order valence-corrected chi connectivity index (χ3v) is 4.60. The molecule has 2 N–H and O–H groups in total. The molecule has 2 aliphatic rings. The zero-order chi connectivity index (χ0) is 17.3. The summed E-state index contributed by atoms with van der Waals surface area (Å²) in [6.07, 6.45) is 3.47. The van der Waals surface area contributed by atoms with Crippen molar-refractivity contribution < 1.29 is 19.4 Å². The molecule has 1 aliphatic heterocycles. The van der Waals surface area contributed by atoms with Crippen LogP contribution < -0.4 is 10.1 Å². The first-order valence-corrected chi connectivity index (χ1v) is 8.65. The van der Waals surface area contributed by atoms with Gasteiger partial charge in [-0.15, -0.1) is 0 Å². The zero-order valence-corrected chi connectivity index (χ0v) is 14.3. The van der Waals surface area contributed by atoms with Crippen LogP contribution in [0.3, 0.4) is 0 Å². The van der Waals surface area contributed by atoms with Crippen molar-refractivity contribution in [2.24, 2.45) is 0 Å². The van der Waals surface area contributed by atoms with Gasteiger partial charge in [-0.25, -0.2) is 0 Å². The van der Waals surface area contributed by atoms with Crippen molar-refractivity contribution in [2.75, 3.05) is 13.2 Å². The van der Waals surface area contributed by atoms with Gasteiger partial charge in [0.05, 0.1) is 11.6 Å². The monoisotopic (exact) mass is 352 g/mol.